The van der Waals surface area contributed by atoms with E-state index in [1.807, 2.05) is 43.3 Å². The fourth-order valence-electron chi connectivity index (χ4n) is 2.76. The molecule has 1 fully saturated rings. The number of anilines is 2. The Bertz CT molecular complexity index is 459. The molecule has 1 saturated heterocycles. The Balaban J connectivity index is 2.10. The van der Waals surface area contributed by atoms with Gasteiger partial charge in [0.2, 0.25) is 5.91 Å². The van der Waals surface area contributed by atoms with Crippen LogP contribution in [0.4, 0.5) is 11.4 Å². The lowest BCUT2D eigenvalue weighted by Crippen LogP contribution is -2.42. The Morgan fingerprint density at radius 3 is 2.40 bits per heavy atom. The lowest BCUT2D eigenvalue weighted by molar-refractivity contribution is -0.126. The molecule has 0 radical (unpaired) electrons. The molecule has 20 heavy (non-hydrogen) atoms. The van der Waals surface area contributed by atoms with Crippen molar-refractivity contribution in [1.29, 1.82) is 0 Å². The monoisotopic (exact) mass is 275 g/mol. The Morgan fingerprint density at radius 2 is 1.95 bits per heavy atom. The molecule has 1 unspecified atom stereocenters. The van der Waals surface area contributed by atoms with E-state index in [0.29, 0.717) is 5.92 Å². The van der Waals surface area contributed by atoms with Gasteiger partial charge in [-0.15, -0.1) is 0 Å². The summed E-state index contributed by atoms with van der Waals surface area (Å²) in [5.41, 5.74) is 1.72. The van der Waals surface area contributed by atoms with Gasteiger partial charge in [-0.2, -0.15) is 0 Å². The number of hydrogen-bond donors (Lipinski definition) is 2. The zero-order chi connectivity index (χ0) is 14.8. The fraction of sp³-hybridized carbons (Fsp3) is 0.562. The van der Waals surface area contributed by atoms with Crippen molar-refractivity contribution in [3.63, 3.8) is 0 Å². The van der Waals surface area contributed by atoms with Crippen LogP contribution in [-0.4, -0.2) is 33.1 Å². The maximum absolute atomic E-state index is 12.6. The largest absolute Gasteiger partial charge is 0.378 e. The summed E-state index contributed by atoms with van der Waals surface area (Å²) < 4.78 is 0. The second kappa shape index (κ2) is 5.83. The van der Waals surface area contributed by atoms with Crippen molar-refractivity contribution in [2.24, 2.45) is 11.3 Å². The topological polar surface area (TPSA) is 44.4 Å². The van der Waals surface area contributed by atoms with E-state index in [-0.39, 0.29) is 11.3 Å². The van der Waals surface area contributed by atoms with Gasteiger partial charge in [-0.25, -0.2) is 0 Å². The zero-order valence-electron chi connectivity index (χ0n) is 12.9. The fourth-order valence-corrected chi connectivity index (χ4v) is 2.76. The number of rotatable bonds is 4. The number of amides is 1. The van der Waals surface area contributed by atoms with Gasteiger partial charge in [0.15, 0.2) is 0 Å². The SMILES string of the molecule is CC(C)C1(C(=O)Nc2ccc(N(C)C)cc2)CCNC1. The van der Waals surface area contributed by atoms with Crippen molar-refractivity contribution in [3.8, 4) is 0 Å². The minimum Gasteiger partial charge on any atom is -0.378 e. The van der Waals surface area contributed by atoms with Crippen LogP contribution in [0.15, 0.2) is 24.3 Å². The van der Waals surface area contributed by atoms with Crippen molar-refractivity contribution < 1.29 is 4.79 Å². The van der Waals surface area contributed by atoms with E-state index < -0.39 is 0 Å². The number of nitrogens with zero attached hydrogens (tertiary/aromatic N) is 1. The van der Waals surface area contributed by atoms with Gasteiger partial charge in [0.1, 0.15) is 0 Å². The predicted octanol–water partition coefficient (Wildman–Crippen LogP) is 2.33. The third-order valence-electron chi connectivity index (χ3n) is 4.39. The van der Waals surface area contributed by atoms with Crippen molar-refractivity contribution in [1.82, 2.24) is 5.32 Å². The first kappa shape index (κ1) is 14.9. The summed E-state index contributed by atoms with van der Waals surface area (Å²) in [7, 11) is 4.01. The van der Waals surface area contributed by atoms with Gasteiger partial charge in [-0.05, 0) is 43.1 Å². The summed E-state index contributed by atoms with van der Waals surface area (Å²) in [6.07, 6.45) is 0.909. The van der Waals surface area contributed by atoms with Crippen LogP contribution in [0.2, 0.25) is 0 Å². The Morgan fingerprint density at radius 1 is 1.30 bits per heavy atom. The summed E-state index contributed by atoms with van der Waals surface area (Å²) >= 11 is 0. The maximum atomic E-state index is 12.6. The lowest BCUT2D eigenvalue weighted by atomic mass is 9.75. The highest BCUT2D eigenvalue weighted by molar-refractivity contribution is 5.96. The molecule has 2 N–H and O–H groups in total. The number of carbonyl (C=O) groups excluding carboxylic acids is 1. The molecule has 4 nitrogen and oxygen atoms in total. The van der Waals surface area contributed by atoms with Crippen LogP contribution in [0.1, 0.15) is 20.3 Å². The number of carbonyl (C=O) groups is 1. The van der Waals surface area contributed by atoms with Crippen molar-refractivity contribution in [3.05, 3.63) is 24.3 Å². The number of benzene rings is 1. The third kappa shape index (κ3) is 2.80. The first-order valence-electron chi connectivity index (χ1n) is 7.25. The molecule has 1 aliphatic rings. The quantitative estimate of drug-likeness (QED) is 0.886. The molecule has 110 valence electrons. The van der Waals surface area contributed by atoms with Gasteiger partial charge in [-0.1, -0.05) is 13.8 Å². The minimum atomic E-state index is -0.278. The van der Waals surface area contributed by atoms with E-state index in [0.717, 1.165) is 30.9 Å². The summed E-state index contributed by atoms with van der Waals surface area (Å²) in [5, 5.41) is 6.39. The van der Waals surface area contributed by atoms with Crippen LogP contribution in [-0.2, 0) is 4.79 Å². The molecule has 1 aromatic rings. The van der Waals surface area contributed by atoms with E-state index in [1.165, 1.54) is 0 Å². The van der Waals surface area contributed by atoms with Gasteiger partial charge in [-0.3, -0.25) is 4.79 Å². The Hall–Kier alpha value is -1.55. The zero-order valence-corrected chi connectivity index (χ0v) is 12.9. The van der Waals surface area contributed by atoms with Crippen LogP contribution < -0.4 is 15.5 Å². The molecular weight excluding hydrogens is 250 g/mol. The molecule has 4 heteroatoms. The highest BCUT2D eigenvalue weighted by atomic mass is 16.2. The average Bonchev–Trinajstić information content (AvgIpc) is 2.90. The summed E-state index contributed by atoms with van der Waals surface area (Å²) in [6, 6.07) is 7.96. The molecule has 1 atom stereocenters. The van der Waals surface area contributed by atoms with E-state index in [1.54, 1.807) is 0 Å². The number of nitrogens with one attached hydrogen (secondary N) is 2. The molecular formula is C16H25N3O. The smallest absolute Gasteiger partial charge is 0.232 e. The van der Waals surface area contributed by atoms with Gasteiger partial charge in [0.25, 0.3) is 0 Å². The van der Waals surface area contributed by atoms with Gasteiger partial charge in [0.05, 0.1) is 5.41 Å². The predicted molar refractivity (Wildman–Crippen MR) is 84.2 cm³/mol. The Labute approximate surface area is 121 Å². The van der Waals surface area contributed by atoms with E-state index in [9.17, 15) is 4.79 Å². The molecule has 2 rings (SSSR count). The number of hydrogen-bond acceptors (Lipinski definition) is 3. The third-order valence-corrected chi connectivity index (χ3v) is 4.39. The molecule has 0 aromatic heterocycles. The highest BCUT2D eigenvalue weighted by Gasteiger charge is 2.43. The molecule has 0 aliphatic carbocycles. The summed E-state index contributed by atoms with van der Waals surface area (Å²) in [6.45, 7) is 5.95. The van der Waals surface area contributed by atoms with Crippen LogP contribution in [0, 0.1) is 11.3 Å². The Kier molecular flexibility index (Phi) is 4.33. The molecule has 1 aromatic carbocycles. The van der Waals surface area contributed by atoms with Crippen LogP contribution in [0.25, 0.3) is 0 Å². The van der Waals surface area contributed by atoms with E-state index in [4.69, 9.17) is 0 Å². The first-order chi connectivity index (χ1) is 9.45. The second-order valence-electron chi connectivity index (χ2n) is 6.13. The van der Waals surface area contributed by atoms with Gasteiger partial charge >= 0.3 is 0 Å². The van der Waals surface area contributed by atoms with Crippen molar-refractivity contribution in [2.75, 3.05) is 37.4 Å². The van der Waals surface area contributed by atoms with Crippen molar-refractivity contribution in [2.45, 2.75) is 20.3 Å². The summed E-state index contributed by atoms with van der Waals surface area (Å²) in [5.74, 6) is 0.466. The first-order valence-corrected chi connectivity index (χ1v) is 7.25. The lowest BCUT2D eigenvalue weighted by Gasteiger charge is -2.31. The molecule has 1 amide bonds. The minimum absolute atomic E-state index is 0.134. The van der Waals surface area contributed by atoms with Gasteiger partial charge < -0.3 is 15.5 Å². The van der Waals surface area contributed by atoms with E-state index >= 15 is 0 Å². The average molecular weight is 275 g/mol. The van der Waals surface area contributed by atoms with Crippen LogP contribution in [0.5, 0.6) is 0 Å². The normalized spacial score (nSPS) is 22.1. The standard InChI is InChI=1S/C16H25N3O/c1-12(2)16(9-10-17-11-16)15(20)18-13-5-7-14(8-6-13)19(3)4/h5-8,12,17H,9-11H2,1-4H3,(H,18,20). The highest BCUT2D eigenvalue weighted by Crippen LogP contribution is 2.35. The second-order valence-corrected chi connectivity index (χ2v) is 6.13. The van der Waals surface area contributed by atoms with Crippen LogP contribution >= 0.6 is 0 Å². The molecule has 1 aliphatic heterocycles. The summed E-state index contributed by atoms with van der Waals surface area (Å²) in [4.78, 5) is 14.7. The van der Waals surface area contributed by atoms with Crippen LogP contribution in [0.3, 0.4) is 0 Å². The molecule has 0 spiro atoms. The molecule has 1 heterocycles. The van der Waals surface area contributed by atoms with Crippen molar-refractivity contribution >= 4 is 17.3 Å². The maximum Gasteiger partial charge on any atom is 0.232 e. The molecule has 0 saturated carbocycles. The van der Waals surface area contributed by atoms with E-state index in [2.05, 4.69) is 24.5 Å². The molecule has 0 bridgehead atoms. The van der Waals surface area contributed by atoms with Gasteiger partial charge in [0, 0.05) is 32.0 Å².